The van der Waals surface area contributed by atoms with Crippen LogP contribution in [0.1, 0.15) is 25.7 Å². The third-order valence-corrected chi connectivity index (χ3v) is 7.06. The van der Waals surface area contributed by atoms with E-state index in [1.807, 2.05) is 30.3 Å². The molecule has 3 atom stereocenters. The Labute approximate surface area is 158 Å². The molecule has 2 fully saturated rings. The Morgan fingerprint density at radius 3 is 2.85 bits per heavy atom. The van der Waals surface area contributed by atoms with Gasteiger partial charge < -0.3 is 10.2 Å². The highest BCUT2D eigenvalue weighted by Gasteiger charge is 2.63. The van der Waals surface area contributed by atoms with Gasteiger partial charge in [0.2, 0.25) is 11.8 Å². The van der Waals surface area contributed by atoms with Crippen LogP contribution in [0.2, 0.25) is 0 Å². The number of carbonyl (C=O) groups is 2. The van der Waals surface area contributed by atoms with Crippen LogP contribution in [0.25, 0.3) is 0 Å². The fourth-order valence-corrected chi connectivity index (χ4v) is 5.69. The van der Waals surface area contributed by atoms with Gasteiger partial charge in [-0.2, -0.15) is 5.21 Å². The molecule has 2 amide bonds. The maximum Gasteiger partial charge on any atom is 0.249 e. The lowest BCUT2D eigenvalue weighted by Gasteiger charge is -2.44. The minimum Gasteiger partial charge on any atom is -0.341 e. The quantitative estimate of drug-likeness (QED) is 0.584. The monoisotopic (exact) mass is 390 g/mol. The molecule has 0 aliphatic carbocycles. The van der Waals surface area contributed by atoms with Crippen LogP contribution in [0.5, 0.6) is 0 Å². The van der Waals surface area contributed by atoms with E-state index in [-0.39, 0.29) is 33.7 Å². The van der Waals surface area contributed by atoms with Crippen molar-refractivity contribution in [2.75, 3.05) is 5.75 Å². The van der Waals surface area contributed by atoms with Crippen molar-refractivity contribution in [3.05, 3.63) is 36.2 Å². The molecule has 4 rings (SSSR count). The SMILES string of the molecule is CC1(C)S[C@H]2C(NC(=O)CSc3ccccc3)C(=O)N2C1c1nn[nH]n1. The Balaban J connectivity index is 1.40. The molecule has 0 bridgehead atoms. The summed E-state index contributed by atoms with van der Waals surface area (Å²) in [5, 5.41) is 16.9. The number of nitrogens with zero attached hydrogens (tertiary/aromatic N) is 4. The molecule has 2 unspecified atom stereocenters. The van der Waals surface area contributed by atoms with E-state index in [0.29, 0.717) is 5.82 Å². The lowest BCUT2D eigenvalue weighted by molar-refractivity contribution is -0.151. The number of amides is 2. The van der Waals surface area contributed by atoms with Crippen molar-refractivity contribution in [2.45, 2.75) is 40.9 Å². The van der Waals surface area contributed by atoms with Crippen LogP contribution in [-0.4, -0.2) is 59.3 Å². The molecule has 3 heterocycles. The van der Waals surface area contributed by atoms with Gasteiger partial charge in [0, 0.05) is 9.64 Å². The average molecular weight is 390 g/mol. The molecular formula is C16H18N6O2S2. The smallest absolute Gasteiger partial charge is 0.249 e. The first-order valence-electron chi connectivity index (χ1n) is 8.18. The molecule has 2 aliphatic heterocycles. The second-order valence-corrected chi connectivity index (χ2v) is 9.50. The molecule has 0 spiro atoms. The number of hydrogen-bond acceptors (Lipinski definition) is 7. The first kappa shape index (κ1) is 17.3. The van der Waals surface area contributed by atoms with Gasteiger partial charge in [-0.25, -0.2) is 0 Å². The van der Waals surface area contributed by atoms with Crippen molar-refractivity contribution in [2.24, 2.45) is 0 Å². The highest BCUT2D eigenvalue weighted by Crippen LogP contribution is 2.56. The summed E-state index contributed by atoms with van der Waals surface area (Å²) in [4.78, 5) is 27.7. The van der Waals surface area contributed by atoms with Crippen LogP contribution >= 0.6 is 23.5 Å². The van der Waals surface area contributed by atoms with Crippen LogP contribution in [0, 0.1) is 0 Å². The summed E-state index contributed by atoms with van der Waals surface area (Å²) in [5.74, 6) is 0.546. The van der Waals surface area contributed by atoms with Crippen molar-refractivity contribution in [1.82, 2.24) is 30.8 Å². The summed E-state index contributed by atoms with van der Waals surface area (Å²) in [6, 6.07) is 8.96. The maximum atomic E-state index is 12.7. The van der Waals surface area contributed by atoms with E-state index in [1.165, 1.54) is 11.8 Å². The summed E-state index contributed by atoms with van der Waals surface area (Å²) in [7, 11) is 0. The molecule has 10 heteroatoms. The summed E-state index contributed by atoms with van der Waals surface area (Å²) in [6.07, 6.45) is 0. The van der Waals surface area contributed by atoms with Gasteiger partial charge >= 0.3 is 0 Å². The number of β-lactam (4-membered cyclic amide) rings is 1. The predicted octanol–water partition coefficient (Wildman–Crippen LogP) is 1.21. The molecule has 2 N–H and O–H groups in total. The molecule has 0 saturated carbocycles. The van der Waals surface area contributed by atoms with Gasteiger partial charge in [0.05, 0.1) is 5.75 Å². The number of benzene rings is 1. The van der Waals surface area contributed by atoms with Crippen molar-refractivity contribution in [3.8, 4) is 0 Å². The van der Waals surface area contributed by atoms with Gasteiger partial charge in [-0.05, 0) is 26.0 Å². The number of aromatic amines is 1. The van der Waals surface area contributed by atoms with Crippen molar-refractivity contribution < 1.29 is 9.59 Å². The van der Waals surface area contributed by atoms with Crippen LogP contribution < -0.4 is 5.32 Å². The van der Waals surface area contributed by atoms with E-state index in [9.17, 15) is 9.59 Å². The van der Waals surface area contributed by atoms with E-state index < -0.39 is 6.04 Å². The molecule has 2 aromatic rings. The topological polar surface area (TPSA) is 104 Å². The van der Waals surface area contributed by atoms with Crippen molar-refractivity contribution in [3.63, 3.8) is 0 Å². The second kappa shape index (κ2) is 6.58. The fourth-order valence-electron chi connectivity index (χ4n) is 3.33. The number of nitrogens with one attached hydrogen (secondary N) is 2. The standard InChI is InChI=1S/C16H18N6O2S2/c1-16(2)12(13-18-20-21-19-13)22-14(24)11(15(22)26-16)17-10(23)8-25-9-6-4-3-5-7-9/h3-7,11-12,15H,8H2,1-2H3,(H,17,23)(H,18,19,20,21)/t11?,12?,15-/m0/s1. The van der Waals surface area contributed by atoms with Gasteiger partial charge in [0.1, 0.15) is 17.5 Å². The van der Waals surface area contributed by atoms with E-state index in [1.54, 1.807) is 16.7 Å². The minimum atomic E-state index is -0.500. The van der Waals surface area contributed by atoms with E-state index in [4.69, 9.17) is 0 Å². The third-order valence-electron chi connectivity index (χ3n) is 4.48. The number of H-pyrrole nitrogens is 1. The number of aromatic nitrogens is 4. The van der Waals surface area contributed by atoms with E-state index in [2.05, 4.69) is 39.8 Å². The van der Waals surface area contributed by atoms with Gasteiger partial charge in [0.25, 0.3) is 0 Å². The molecule has 8 nitrogen and oxygen atoms in total. The largest absolute Gasteiger partial charge is 0.341 e. The summed E-state index contributed by atoms with van der Waals surface area (Å²) >= 11 is 3.11. The number of tetrazole rings is 1. The van der Waals surface area contributed by atoms with E-state index in [0.717, 1.165) is 4.90 Å². The number of fused-ring (bicyclic) bond motifs is 1. The molecule has 1 aromatic carbocycles. The average Bonchev–Trinajstić information content (AvgIpc) is 3.23. The predicted molar refractivity (Wildman–Crippen MR) is 98.3 cm³/mol. The molecule has 26 heavy (non-hydrogen) atoms. The van der Waals surface area contributed by atoms with Gasteiger partial charge in [-0.15, -0.1) is 33.7 Å². The molecule has 2 aliphatic rings. The maximum absolute atomic E-state index is 12.7. The van der Waals surface area contributed by atoms with Crippen LogP contribution in [0.3, 0.4) is 0 Å². The molecule has 1 aromatic heterocycles. The van der Waals surface area contributed by atoms with E-state index >= 15 is 0 Å². The first-order valence-corrected chi connectivity index (χ1v) is 10.0. The van der Waals surface area contributed by atoms with Gasteiger partial charge in [-0.3, -0.25) is 9.59 Å². The highest BCUT2D eigenvalue weighted by molar-refractivity contribution is 8.01. The zero-order valence-electron chi connectivity index (χ0n) is 14.2. The number of rotatable bonds is 5. The zero-order chi connectivity index (χ0) is 18.3. The normalized spacial score (nSPS) is 26.3. The Hall–Kier alpha value is -2.07. The molecule has 2 saturated heterocycles. The Bertz CT molecular complexity index is 813. The zero-order valence-corrected chi connectivity index (χ0v) is 15.9. The number of carbonyl (C=O) groups excluding carboxylic acids is 2. The summed E-state index contributed by atoms with van der Waals surface area (Å²) < 4.78 is -0.261. The fraction of sp³-hybridized carbons (Fsp3) is 0.438. The number of thioether (sulfide) groups is 2. The van der Waals surface area contributed by atoms with Gasteiger partial charge in [0.15, 0.2) is 5.82 Å². The van der Waals surface area contributed by atoms with Gasteiger partial charge in [-0.1, -0.05) is 23.4 Å². The van der Waals surface area contributed by atoms with Crippen molar-refractivity contribution >= 4 is 35.3 Å². The second-order valence-electron chi connectivity index (χ2n) is 6.68. The lowest BCUT2D eigenvalue weighted by atomic mass is 9.95. The minimum absolute atomic E-state index is 0.0964. The third kappa shape index (κ3) is 2.96. The Morgan fingerprint density at radius 1 is 1.38 bits per heavy atom. The molecular weight excluding hydrogens is 372 g/mol. The molecule has 0 radical (unpaired) electrons. The highest BCUT2D eigenvalue weighted by atomic mass is 32.2. The Kier molecular flexibility index (Phi) is 4.39. The summed E-state index contributed by atoms with van der Waals surface area (Å²) in [5.41, 5.74) is 0. The first-order chi connectivity index (χ1) is 12.5. The number of hydrogen-bond donors (Lipinski definition) is 2. The summed E-state index contributed by atoms with van der Waals surface area (Å²) in [6.45, 7) is 4.10. The lowest BCUT2D eigenvalue weighted by Crippen LogP contribution is -2.68. The van der Waals surface area contributed by atoms with Crippen molar-refractivity contribution in [1.29, 1.82) is 0 Å². The van der Waals surface area contributed by atoms with Crippen LogP contribution in [0.15, 0.2) is 35.2 Å². The van der Waals surface area contributed by atoms with Crippen LogP contribution in [-0.2, 0) is 9.59 Å². The Morgan fingerprint density at radius 2 is 2.15 bits per heavy atom. The molecule has 136 valence electrons. The van der Waals surface area contributed by atoms with Crippen LogP contribution in [0.4, 0.5) is 0 Å².